The van der Waals surface area contributed by atoms with Crippen molar-refractivity contribution in [3.05, 3.63) is 28.8 Å². The van der Waals surface area contributed by atoms with Crippen molar-refractivity contribution in [3.63, 3.8) is 0 Å². The van der Waals surface area contributed by atoms with E-state index in [-0.39, 0.29) is 0 Å². The zero-order valence-corrected chi connectivity index (χ0v) is 8.88. The summed E-state index contributed by atoms with van der Waals surface area (Å²) in [6.45, 7) is 1.65. The molecule has 1 aromatic rings. The molecule has 78 valence electrons. The first-order chi connectivity index (χ1) is 6.74. The molecule has 0 aromatic heterocycles. The smallest absolute Gasteiger partial charge is 0.0732 e. The Balaban J connectivity index is 2.42. The van der Waals surface area contributed by atoms with E-state index < -0.39 is 0 Å². The second-order valence-corrected chi connectivity index (χ2v) is 3.30. The second kappa shape index (κ2) is 5.86. The maximum atomic E-state index is 5.95. The normalized spacial score (nSPS) is 10.4. The lowest BCUT2D eigenvalue weighted by Gasteiger charge is -2.06. The lowest BCUT2D eigenvalue weighted by Crippen LogP contribution is -2.02. The molecule has 2 N–H and O–H groups in total. The van der Waals surface area contributed by atoms with Gasteiger partial charge in [0.15, 0.2) is 0 Å². The molecule has 14 heavy (non-hydrogen) atoms. The van der Waals surface area contributed by atoms with E-state index in [0.717, 1.165) is 5.56 Å². The average molecular weight is 216 g/mol. The van der Waals surface area contributed by atoms with Gasteiger partial charge in [-0.2, -0.15) is 0 Å². The molecule has 0 radical (unpaired) electrons. The Bertz CT molecular complexity index is 291. The lowest BCUT2D eigenvalue weighted by atomic mass is 10.2. The molecule has 0 spiro atoms. The van der Waals surface area contributed by atoms with Crippen LogP contribution in [0.25, 0.3) is 0 Å². The monoisotopic (exact) mass is 215 g/mol. The largest absolute Gasteiger partial charge is 0.399 e. The molecule has 1 aromatic carbocycles. The van der Waals surface area contributed by atoms with Crippen molar-refractivity contribution in [2.75, 3.05) is 26.1 Å². The minimum Gasteiger partial charge on any atom is -0.399 e. The number of hydrogen-bond acceptors (Lipinski definition) is 3. The molecule has 0 saturated heterocycles. The fourth-order valence-electron chi connectivity index (χ4n) is 1.01. The van der Waals surface area contributed by atoms with Gasteiger partial charge in [0, 0.05) is 17.8 Å². The van der Waals surface area contributed by atoms with Crippen LogP contribution < -0.4 is 5.73 Å². The molecule has 3 nitrogen and oxygen atoms in total. The number of halogens is 1. The molecule has 0 fully saturated rings. The third-order valence-corrected chi connectivity index (χ3v) is 2.12. The number of anilines is 1. The highest BCUT2D eigenvalue weighted by Crippen LogP contribution is 2.19. The van der Waals surface area contributed by atoms with Crippen LogP contribution in [0.3, 0.4) is 0 Å². The van der Waals surface area contributed by atoms with Crippen LogP contribution in [-0.4, -0.2) is 20.3 Å². The van der Waals surface area contributed by atoms with Gasteiger partial charge in [0.25, 0.3) is 0 Å². The van der Waals surface area contributed by atoms with Gasteiger partial charge in [-0.05, 0) is 17.7 Å². The van der Waals surface area contributed by atoms with Gasteiger partial charge in [-0.3, -0.25) is 0 Å². The van der Waals surface area contributed by atoms with Crippen LogP contribution >= 0.6 is 11.6 Å². The van der Waals surface area contributed by atoms with Crippen molar-refractivity contribution in [1.29, 1.82) is 0 Å². The number of hydrogen-bond donors (Lipinski definition) is 1. The van der Waals surface area contributed by atoms with E-state index >= 15 is 0 Å². The first-order valence-electron chi connectivity index (χ1n) is 4.34. The van der Waals surface area contributed by atoms with Crippen LogP contribution in [0.15, 0.2) is 18.2 Å². The van der Waals surface area contributed by atoms with E-state index in [1.807, 2.05) is 6.07 Å². The van der Waals surface area contributed by atoms with Crippen molar-refractivity contribution in [3.8, 4) is 0 Å². The highest BCUT2D eigenvalue weighted by atomic mass is 35.5. The average Bonchev–Trinajstić information content (AvgIpc) is 2.15. The van der Waals surface area contributed by atoms with Crippen molar-refractivity contribution < 1.29 is 9.47 Å². The maximum absolute atomic E-state index is 5.95. The maximum Gasteiger partial charge on any atom is 0.0732 e. The summed E-state index contributed by atoms with van der Waals surface area (Å²) in [5.74, 6) is 0. The van der Waals surface area contributed by atoms with Gasteiger partial charge in [-0.25, -0.2) is 0 Å². The van der Waals surface area contributed by atoms with Gasteiger partial charge in [0.2, 0.25) is 0 Å². The van der Waals surface area contributed by atoms with Crippen LogP contribution in [0.5, 0.6) is 0 Å². The van der Waals surface area contributed by atoms with Gasteiger partial charge in [-0.15, -0.1) is 0 Å². The molecule has 0 amide bonds. The zero-order chi connectivity index (χ0) is 10.4. The Morgan fingerprint density at radius 1 is 1.36 bits per heavy atom. The van der Waals surface area contributed by atoms with Crippen molar-refractivity contribution in [1.82, 2.24) is 0 Å². The molecule has 0 aliphatic heterocycles. The second-order valence-electron chi connectivity index (χ2n) is 2.90. The number of nitrogen functional groups attached to an aromatic ring is 1. The predicted molar refractivity (Wildman–Crippen MR) is 57.4 cm³/mol. The van der Waals surface area contributed by atoms with Crippen LogP contribution in [0, 0.1) is 0 Å². The van der Waals surface area contributed by atoms with E-state index in [2.05, 4.69) is 0 Å². The summed E-state index contributed by atoms with van der Waals surface area (Å²) in [5, 5.41) is 0.641. The Hall–Kier alpha value is -0.770. The van der Waals surface area contributed by atoms with E-state index in [9.17, 15) is 0 Å². The van der Waals surface area contributed by atoms with Crippen LogP contribution in [-0.2, 0) is 16.1 Å². The molecule has 0 aliphatic rings. The van der Waals surface area contributed by atoms with E-state index in [0.29, 0.717) is 30.5 Å². The summed E-state index contributed by atoms with van der Waals surface area (Å²) in [4.78, 5) is 0. The zero-order valence-electron chi connectivity index (χ0n) is 8.13. The van der Waals surface area contributed by atoms with Crippen LogP contribution in [0.2, 0.25) is 5.02 Å². The third kappa shape index (κ3) is 3.54. The van der Waals surface area contributed by atoms with Gasteiger partial charge >= 0.3 is 0 Å². The molecular formula is C10H14ClNO2. The topological polar surface area (TPSA) is 44.5 Å². The highest BCUT2D eigenvalue weighted by molar-refractivity contribution is 6.31. The molecule has 0 unspecified atom stereocenters. The number of benzene rings is 1. The van der Waals surface area contributed by atoms with E-state index in [4.69, 9.17) is 26.8 Å². The fraction of sp³-hybridized carbons (Fsp3) is 0.400. The van der Waals surface area contributed by atoms with E-state index in [1.165, 1.54) is 0 Å². The Labute approximate surface area is 88.8 Å². The molecule has 1 rings (SSSR count). The summed E-state index contributed by atoms with van der Waals surface area (Å²) in [6, 6.07) is 5.39. The van der Waals surface area contributed by atoms with Crippen molar-refractivity contribution in [2.24, 2.45) is 0 Å². The Kier molecular flexibility index (Phi) is 4.73. The number of methoxy groups -OCH3 is 1. The molecule has 0 aliphatic carbocycles. The Morgan fingerprint density at radius 3 is 2.79 bits per heavy atom. The van der Waals surface area contributed by atoms with Gasteiger partial charge < -0.3 is 15.2 Å². The highest BCUT2D eigenvalue weighted by Gasteiger charge is 2.00. The quantitative estimate of drug-likeness (QED) is 0.604. The minimum atomic E-state index is 0.489. The van der Waals surface area contributed by atoms with Gasteiger partial charge in [0.1, 0.15) is 0 Å². The third-order valence-electron chi connectivity index (χ3n) is 1.77. The molecule has 0 saturated carbocycles. The predicted octanol–water partition coefficient (Wildman–Crippen LogP) is 2.09. The molecule has 4 heteroatoms. The lowest BCUT2D eigenvalue weighted by molar-refractivity contribution is 0.0617. The van der Waals surface area contributed by atoms with Crippen molar-refractivity contribution >= 4 is 17.3 Å². The van der Waals surface area contributed by atoms with Gasteiger partial charge in [0.05, 0.1) is 19.8 Å². The van der Waals surface area contributed by atoms with E-state index in [1.54, 1.807) is 19.2 Å². The standard InChI is InChI=1S/C10H14ClNO2/c1-13-4-5-14-7-8-2-3-9(12)6-10(8)11/h2-3,6H,4-5,7,12H2,1H3. The van der Waals surface area contributed by atoms with Gasteiger partial charge in [-0.1, -0.05) is 17.7 Å². The molecule has 0 bridgehead atoms. The fourth-order valence-corrected chi connectivity index (χ4v) is 1.25. The summed E-state index contributed by atoms with van der Waals surface area (Å²) < 4.78 is 10.2. The first kappa shape index (κ1) is 11.3. The number of nitrogens with two attached hydrogens (primary N) is 1. The first-order valence-corrected chi connectivity index (χ1v) is 4.72. The summed E-state index contributed by atoms with van der Waals surface area (Å²) in [5.41, 5.74) is 7.16. The summed E-state index contributed by atoms with van der Waals surface area (Å²) in [6.07, 6.45) is 0. The minimum absolute atomic E-state index is 0.489. The number of ether oxygens (including phenoxy) is 2. The molecule has 0 heterocycles. The van der Waals surface area contributed by atoms with Crippen molar-refractivity contribution in [2.45, 2.75) is 6.61 Å². The van der Waals surface area contributed by atoms with Crippen LogP contribution in [0.4, 0.5) is 5.69 Å². The Morgan fingerprint density at radius 2 is 2.14 bits per heavy atom. The van der Waals surface area contributed by atoms with Crippen LogP contribution in [0.1, 0.15) is 5.56 Å². The summed E-state index contributed by atoms with van der Waals surface area (Å²) >= 11 is 5.95. The molecular weight excluding hydrogens is 202 g/mol. The summed E-state index contributed by atoms with van der Waals surface area (Å²) in [7, 11) is 1.64. The number of rotatable bonds is 5. The SMILES string of the molecule is COCCOCc1ccc(N)cc1Cl. The molecule has 0 atom stereocenters.